The van der Waals surface area contributed by atoms with Crippen molar-refractivity contribution < 1.29 is 32.9 Å². The molecule has 0 aliphatic carbocycles. The van der Waals surface area contributed by atoms with Crippen LogP contribution in [0.2, 0.25) is 0 Å². The topological polar surface area (TPSA) is 105 Å². The summed E-state index contributed by atoms with van der Waals surface area (Å²) in [6, 6.07) is -0.870. The molecule has 3 unspecified atom stereocenters. The fourth-order valence-corrected chi connectivity index (χ4v) is 11.3. The van der Waals surface area contributed by atoms with Gasteiger partial charge in [0.25, 0.3) is 0 Å². The molecule has 0 saturated carbocycles. The Bertz CT molecular complexity index is 2000. The lowest BCUT2D eigenvalue weighted by atomic mass is 10.0. The van der Waals surface area contributed by atoms with Crippen molar-refractivity contribution in [1.29, 1.82) is 0 Å². The first kappa shape index (κ1) is 87.4. The number of quaternary nitrogens is 1. The van der Waals surface area contributed by atoms with E-state index in [0.29, 0.717) is 17.4 Å². The van der Waals surface area contributed by atoms with Gasteiger partial charge >= 0.3 is 7.82 Å². The van der Waals surface area contributed by atoms with Gasteiger partial charge in [0.2, 0.25) is 5.91 Å². The third-order valence-electron chi connectivity index (χ3n) is 16.3. The predicted molar refractivity (Wildman–Crippen MR) is 401 cm³/mol. The van der Waals surface area contributed by atoms with Crippen molar-refractivity contribution >= 4 is 13.7 Å². The smallest absolute Gasteiger partial charge is 0.387 e. The summed E-state index contributed by atoms with van der Waals surface area (Å²) in [5, 5.41) is 14.0. The van der Waals surface area contributed by atoms with Crippen LogP contribution in [0.4, 0.5) is 0 Å². The third-order valence-corrected chi connectivity index (χ3v) is 17.3. The van der Waals surface area contributed by atoms with Crippen LogP contribution in [-0.4, -0.2) is 73.4 Å². The normalized spacial score (nSPS) is 14.4. The van der Waals surface area contributed by atoms with Crippen molar-refractivity contribution in [3.63, 3.8) is 0 Å². The lowest BCUT2D eigenvalue weighted by Gasteiger charge is -2.25. The Morgan fingerprint density at radius 2 is 0.659 bits per heavy atom. The molecule has 0 radical (unpaired) electrons. The number of nitrogens with one attached hydrogen (secondary N) is 1. The maximum atomic E-state index is 13.1. The van der Waals surface area contributed by atoms with E-state index in [9.17, 15) is 19.4 Å². The molecule has 3 atom stereocenters. The van der Waals surface area contributed by atoms with E-state index in [-0.39, 0.29) is 19.1 Å². The molecule has 0 spiro atoms. The Labute approximate surface area is 563 Å². The van der Waals surface area contributed by atoms with E-state index >= 15 is 0 Å². The van der Waals surface area contributed by atoms with Crippen molar-refractivity contribution in [2.45, 2.75) is 328 Å². The standard InChI is InChI=1S/C82H143N2O6P/c1-6-8-10-12-14-16-18-20-22-24-26-28-30-32-34-36-38-39-40-41-42-43-44-45-46-48-50-52-54-56-58-60-62-64-66-68-70-72-74-76-82(86)83-80(79-90-91(87,88)89-78-77-84(3,4)5)81(85)75-73-71-69-67-65-63-61-59-57-55-53-51-49-47-37-35-33-31-29-27-25-23-21-19-17-15-13-11-9-7-2/h8,10,14,16,20,22,26,28,32,34,38-39,41-42,44-45,48,50,54,56,60,62,73,75,80-81,85H,6-7,9,11-13,15,17-19,21,23-25,27,29-31,33,35-37,40,43,46-47,49,51-53,55,57-59,61,63-72,74,76-79H2,1-5H3,(H-,83,86,87,88)/p+1/b10-8-,16-14-,22-20-,28-26-,34-32-,39-38-,42-41-,45-44-,50-48-,56-54-,62-60-,75-73+. The van der Waals surface area contributed by atoms with E-state index in [1.54, 1.807) is 6.08 Å². The molecule has 0 aliphatic heterocycles. The number of carbonyl (C=O) groups excluding carboxylic acids is 1. The van der Waals surface area contributed by atoms with Gasteiger partial charge in [-0.2, -0.15) is 0 Å². The van der Waals surface area contributed by atoms with Crippen LogP contribution in [0.25, 0.3) is 0 Å². The molecule has 8 nitrogen and oxygen atoms in total. The number of amides is 1. The number of aliphatic hydroxyl groups excluding tert-OH is 1. The van der Waals surface area contributed by atoms with Crippen LogP contribution in [0.15, 0.2) is 146 Å². The van der Waals surface area contributed by atoms with Gasteiger partial charge in [-0.3, -0.25) is 13.8 Å². The fourth-order valence-electron chi connectivity index (χ4n) is 10.5. The Balaban J connectivity index is 4.16. The number of likely N-dealkylation sites (N-methyl/N-ethyl adjacent to an activating group) is 1. The first-order chi connectivity index (χ1) is 44.5. The minimum Gasteiger partial charge on any atom is -0.387 e. The van der Waals surface area contributed by atoms with Gasteiger partial charge in [0.05, 0.1) is 39.9 Å². The zero-order chi connectivity index (χ0) is 66.2. The lowest BCUT2D eigenvalue weighted by Crippen LogP contribution is -2.45. The van der Waals surface area contributed by atoms with E-state index in [1.165, 1.54) is 167 Å². The molecule has 0 aliphatic rings. The summed E-state index contributed by atoms with van der Waals surface area (Å²) in [4.78, 5) is 23.5. The number of hydrogen-bond donors (Lipinski definition) is 3. The zero-order valence-electron chi connectivity index (χ0n) is 59.8. The molecule has 0 rings (SSSR count). The van der Waals surface area contributed by atoms with E-state index in [4.69, 9.17) is 9.05 Å². The second-order valence-corrected chi connectivity index (χ2v) is 27.7. The third kappa shape index (κ3) is 73.7. The number of carbonyl (C=O) groups is 1. The van der Waals surface area contributed by atoms with Crippen molar-refractivity contribution in [1.82, 2.24) is 5.32 Å². The number of aliphatic hydroxyl groups is 1. The summed E-state index contributed by atoms with van der Waals surface area (Å²) in [5.41, 5.74) is 0. The van der Waals surface area contributed by atoms with Gasteiger partial charge in [-0.05, 0) is 103 Å². The van der Waals surface area contributed by atoms with E-state index in [0.717, 1.165) is 128 Å². The summed E-state index contributed by atoms with van der Waals surface area (Å²) < 4.78 is 23.8. The Morgan fingerprint density at radius 1 is 0.385 bits per heavy atom. The molecule has 0 fully saturated rings. The predicted octanol–water partition coefficient (Wildman–Crippen LogP) is 24.7. The maximum Gasteiger partial charge on any atom is 0.472 e. The van der Waals surface area contributed by atoms with Crippen molar-refractivity contribution in [3.8, 4) is 0 Å². The number of phosphoric acid groups is 1. The van der Waals surface area contributed by atoms with Crippen LogP contribution < -0.4 is 5.32 Å². The Kier molecular flexibility index (Phi) is 67.9. The second-order valence-electron chi connectivity index (χ2n) is 26.3. The van der Waals surface area contributed by atoms with Crippen LogP contribution in [0.1, 0.15) is 316 Å². The SMILES string of the molecule is CC/C=C\C/C=C\C/C=C\C/C=C\C/C=C\C/C=C\C/C=C\C/C=C\C/C=C\C/C=C\C/C=C\CCCCCCCC(=O)NC(COP(=O)(O)OCC[N+](C)(C)C)C(O)/C=C/CCCCCCCCCCCCCCCCCCCCCCCCCCCCCC. The van der Waals surface area contributed by atoms with Crippen LogP contribution in [0.3, 0.4) is 0 Å². The molecular weight excluding hydrogens is 1140 g/mol. The van der Waals surface area contributed by atoms with Gasteiger partial charge in [0.1, 0.15) is 13.2 Å². The number of phosphoric ester groups is 1. The van der Waals surface area contributed by atoms with E-state index in [2.05, 4.69) is 153 Å². The van der Waals surface area contributed by atoms with Crippen LogP contribution in [0, 0.1) is 0 Å². The maximum absolute atomic E-state index is 13.1. The average Bonchev–Trinajstić information content (AvgIpc) is 3.58. The van der Waals surface area contributed by atoms with Gasteiger partial charge in [0, 0.05) is 6.42 Å². The molecular formula is C82H144N2O6P+. The minimum absolute atomic E-state index is 0.0505. The van der Waals surface area contributed by atoms with Gasteiger partial charge in [-0.1, -0.05) is 352 Å². The second kappa shape index (κ2) is 70.7. The summed E-state index contributed by atoms with van der Waals surface area (Å²) in [6.07, 6.45) is 109. The number of allylic oxidation sites excluding steroid dienone is 23. The quantitative estimate of drug-likeness (QED) is 0.0243. The molecule has 1 amide bonds. The molecule has 0 heterocycles. The highest BCUT2D eigenvalue weighted by Gasteiger charge is 2.28. The van der Waals surface area contributed by atoms with E-state index < -0.39 is 20.0 Å². The van der Waals surface area contributed by atoms with Gasteiger partial charge in [-0.15, -0.1) is 0 Å². The number of nitrogens with zero attached hydrogens (tertiary/aromatic N) is 1. The molecule has 0 saturated heterocycles. The molecule has 0 aromatic heterocycles. The molecule has 0 aromatic rings. The number of hydrogen-bond acceptors (Lipinski definition) is 5. The van der Waals surface area contributed by atoms with Gasteiger partial charge in [0.15, 0.2) is 0 Å². The molecule has 0 bridgehead atoms. The van der Waals surface area contributed by atoms with Crippen LogP contribution >= 0.6 is 7.82 Å². The first-order valence-corrected chi connectivity index (χ1v) is 39.2. The summed E-state index contributed by atoms with van der Waals surface area (Å²) >= 11 is 0. The van der Waals surface area contributed by atoms with Crippen LogP contribution in [0.5, 0.6) is 0 Å². The van der Waals surface area contributed by atoms with Crippen molar-refractivity contribution in [2.24, 2.45) is 0 Å². The Hall–Kier alpha value is -3.62. The zero-order valence-corrected chi connectivity index (χ0v) is 60.7. The highest BCUT2D eigenvalue weighted by molar-refractivity contribution is 7.47. The van der Waals surface area contributed by atoms with Gasteiger partial charge < -0.3 is 19.8 Å². The molecule has 0 aromatic carbocycles. The largest absolute Gasteiger partial charge is 0.472 e. The Morgan fingerprint density at radius 3 is 0.967 bits per heavy atom. The fraction of sp³-hybridized carbons (Fsp3) is 0.695. The minimum atomic E-state index is -4.37. The number of unbranched alkanes of at least 4 members (excludes halogenated alkanes) is 33. The summed E-state index contributed by atoms with van der Waals surface area (Å²) in [7, 11) is 1.55. The average molecular weight is 1290 g/mol. The number of rotatable bonds is 68. The van der Waals surface area contributed by atoms with Gasteiger partial charge in [-0.25, -0.2) is 4.57 Å². The summed E-state index contributed by atoms with van der Waals surface area (Å²) in [6.45, 7) is 4.71. The highest BCUT2D eigenvalue weighted by atomic mass is 31.2. The van der Waals surface area contributed by atoms with Crippen molar-refractivity contribution in [3.05, 3.63) is 146 Å². The molecule has 3 N–H and O–H groups in total. The molecule has 9 heteroatoms. The molecule has 522 valence electrons. The van der Waals surface area contributed by atoms with E-state index in [1.807, 2.05) is 27.2 Å². The summed E-state index contributed by atoms with van der Waals surface area (Å²) in [5.74, 6) is -0.198. The monoisotopic (exact) mass is 1280 g/mol. The lowest BCUT2D eigenvalue weighted by molar-refractivity contribution is -0.870. The molecule has 91 heavy (non-hydrogen) atoms. The first-order valence-electron chi connectivity index (χ1n) is 37.7. The highest BCUT2D eigenvalue weighted by Crippen LogP contribution is 2.43. The van der Waals surface area contributed by atoms with Crippen molar-refractivity contribution in [2.75, 3.05) is 40.9 Å². The van der Waals surface area contributed by atoms with Crippen LogP contribution in [-0.2, 0) is 18.4 Å².